The summed E-state index contributed by atoms with van der Waals surface area (Å²) in [4.78, 5) is 24.6. The van der Waals surface area contributed by atoms with E-state index in [4.69, 9.17) is 26.4 Å². The number of hydrogen-bond donors (Lipinski definition) is 1. The molecule has 0 radical (unpaired) electrons. The van der Waals surface area contributed by atoms with Crippen LogP contribution in [0.1, 0.15) is 0 Å². The molecule has 26 heavy (non-hydrogen) atoms. The van der Waals surface area contributed by atoms with Crippen LogP contribution in [-0.2, 0) is 20.8 Å². The smallest absolute Gasteiger partial charge is 0.293 e. The van der Waals surface area contributed by atoms with Gasteiger partial charge in [-0.05, 0) is 24.4 Å². The van der Waals surface area contributed by atoms with Crippen LogP contribution in [-0.4, -0.2) is 50.1 Å². The van der Waals surface area contributed by atoms with Gasteiger partial charge in [-0.15, -0.1) is 0 Å². The molecule has 8 nitrogen and oxygen atoms in total. The van der Waals surface area contributed by atoms with Crippen molar-refractivity contribution in [3.05, 3.63) is 39.4 Å². The second-order valence-electron chi connectivity index (χ2n) is 5.12. The monoisotopic (exact) mass is 380 g/mol. The first-order valence-corrected chi connectivity index (χ1v) is 8.21. The van der Waals surface area contributed by atoms with E-state index in [1.54, 1.807) is 37.0 Å². The van der Waals surface area contributed by atoms with Gasteiger partial charge in [0.1, 0.15) is 18.1 Å². The molecular formula is C17H20N2O6S. The summed E-state index contributed by atoms with van der Waals surface area (Å²) in [6.07, 6.45) is 0. The fourth-order valence-electron chi connectivity index (χ4n) is 2.39. The zero-order valence-electron chi connectivity index (χ0n) is 14.5. The van der Waals surface area contributed by atoms with E-state index in [1.165, 1.54) is 6.07 Å². The van der Waals surface area contributed by atoms with Gasteiger partial charge in [-0.1, -0.05) is 0 Å². The van der Waals surface area contributed by atoms with E-state index in [0.717, 1.165) is 0 Å². The molecule has 0 atom stereocenters. The topological polar surface area (TPSA) is 91.8 Å². The third kappa shape index (κ3) is 4.93. The Labute approximate surface area is 155 Å². The maximum Gasteiger partial charge on any atom is 0.293 e. The molecule has 1 aromatic heterocycles. The minimum Gasteiger partial charge on any atom is -0.497 e. The molecule has 2 rings (SSSR count). The molecule has 0 bridgehead atoms. The number of nitrogens with one attached hydrogen (secondary N) is 1. The Morgan fingerprint density at radius 2 is 1.96 bits per heavy atom. The summed E-state index contributed by atoms with van der Waals surface area (Å²) in [6, 6.07) is 6.77. The number of aromatic nitrogens is 2. The molecule has 0 aliphatic heterocycles. The Kier molecular flexibility index (Phi) is 7.37. The zero-order valence-corrected chi connectivity index (χ0v) is 15.3. The molecule has 0 saturated heterocycles. The lowest BCUT2D eigenvalue weighted by Crippen LogP contribution is -2.18. The highest BCUT2D eigenvalue weighted by atomic mass is 32.1. The van der Waals surface area contributed by atoms with Crippen molar-refractivity contribution in [1.82, 2.24) is 9.55 Å². The van der Waals surface area contributed by atoms with Gasteiger partial charge >= 0.3 is 0 Å². The lowest BCUT2D eigenvalue weighted by Gasteiger charge is -2.16. The first kappa shape index (κ1) is 19.7. The van der Waals surface area contributed by atoms with Crippen molar-refractivity contribution in [2.45, 2.75) is 6.54 Å². The molecule has 1 aromatic carbocycles. The number of methoxy groups -OCH3 is 2. The number of ether oxygens (including phenoxy) is 4. The van der Waals surface area contributed by atoms with Crippen LogP contribution in [0.2, 0.25) is 0 Å². The average Bonchev–Trinajstić information content (AvgIpc) is 2.65. The second kappa shape index (κ2) is 9.73. The van der Waals surface area contributed by atoms with Crippen LogP contribution in [0.4, 0.5) is 0 Å². The number of rotatable bonds is 10. The van der Waals surface area contributed by atoms with Gasteiger partial charge in [-0.3, -0.25) is 14.6 Å². The fourth-order valence-corrected chi connectivity index (χ4v) is 2.68. The van der Waals surface area contributed by atoms with Gasteiger partial charge in [0.2, 0.25) is 0 Å². The summed E-state index contributed by atoms with van der Waals surface area (Å²) in [6.45, 7) is 1.56. The van der Waals surface area contributed by atoms with E-state index in [0.29, 0.717) is 42.4 Å². The van der Waals surface area contributed by atoms with E-state index in [2.05, 4.69) is 9.72 Å². The van der Waals surface area contributed by atoms with Crippen LogP contribution in [0.25, 0.3) is 11.3 Å². The third-order valence-corrected chi connectivity index (χ3v) is 3.91. The van der Waals surface area contributed by atoms with Gasteiger partial charge in [0, 0.05) is 24.2 Å². The van der Waals surface area contributed by atoms with Crippen molar-refractivity contribution in [2.75, 3.05) is 34.0 Å². The molecule has 140 valence electrons. The number of carbonyl (C=O) groups is 1. The van der Waals surface area contributed by atoms with E-state index in [9.17, 15) is 9.59 Å². The predicted molar refractivity (Wildman–Crippen MR) is 97.3 cm³/mol. The summed E-state index contributed by atoms with van der Waals surface area (Å²) < 4.78 is 22.6. The molecule has 1 heterocycles. The van der Waals surface area contributed by atoms with Crippen LogP contribution < -0.4 is 15.0 Å². The molecule has 0 saturated carbocycles. The van der Waals surface area contributed by atoms with E-state index >= 15 is 0 Å². The molecule has 2 aromatic rings. The van der Waals surface area contributed by atoms with Gasteiger partial charge in [-0.2, -0.15) is 0 Å². The Morgan fingerprint density at radius 3 is 2.65 bits per heavy atom. The van der Waals surface area contributed by atoms with E-state index in [1.807, 2.05) is 0 Å². The first-order valence-electron chi connectivity index (χ1n) is 7.80. The molecule has 0 aliphatic rings. The van der Waals surface area contributed by atoms with Gasteiger partial charge in [0.15, 0.2) is 4.77 Å². The minimum absolute atomic E-state index is 0.180. The largest absolute Gasteiger partial charge is 0.497 e. The van der Waals surface area contributed by atoms with Crippen molar-refractivity contribution >= 4 is 18.7 Å². The molecule has 0 amide bonds. The summed E-state index contributed by atoms with van der Waals surface area (Å²) in [7, 11) is 3.11. The van der Waals surface area contributed by atoms with Crippen LogP contribution in [0.15, 0.2) is 29.1 Å². The molecule has 0 fully saturated rings. The van der Waals surface area contributed by atoms with E-state index in [-0.39, 0.29) is 23.5 Å². The van der Waals surface area contributed by atoms with Gasteiger partial charge in [-0.25, -0.2) is 0 Å². The van der Waals surface area contributed by atoms with Crippen LogP contribution >= 0.6 is 12.2 Å². The molecule has 9 heteroatoms. The van der Waals surface area contributed by atoms with Crippen LogP contribution in [0.5, 0.6) is 11.5 Å². The number of hydrogen-bond acceptors (Lipinski definition) is 7. The highest BCUT2D eigenvalue weighted by Gasteiger charge is 2.13. The molecule has 1 N–H and O–H groups in total. The van der Waals surface area contributed by atoms with Crippen molar-refractivity contribution in [3.8, 4) is 22.8 Å². The Morgan fingerprint density at radius 1 is 1.15 bits per heavy atom. The molecule has 0 spiro atoms. The number of H-pyrrole nitrogens is 1. The number of carbonyl (C=O) groups excluding carboxylic acids is 1. The summed E-state index contributed by atoms with van der Waals surface area (Å²) in [5, 5.41) is 0. The summed E-state index contributed by atoms with van der Waals surface area (Å²) in [5.41, 5.74) is 1.00. The standard InChI is InChI=1S/C17H20N2O6S/c1-22-12-3-4-13(15(9-12)23-2)14-10-16(21)18-17(26)19(14)5-6-24-7-8-25-11-20/h3-4,9-11H,5-8H2,1-2H3,(H,18,21,26). The van der Waals surface area contributed by atoms with Gasteiger partial charge < -0.3 is 23.5 Å². The van der Waals surface area contributed by atoms with Crippen molar-refractivity contribution < 1.29 is 23.7 Å². The number of benzene rings is 1. The normalized spacial score (nSPS) is 10.4. The highest BCUT2D eigenvalue weighted by Crippen LogP contribution is 2.32. The maximum atomic E-state index is 11.9. The lowest BCUT2D eigenvalue weighted by atomic mass is 10.1. The van der Waals surface area contributed by atoms with E-state index < -0.39 is 0 Å². The van der Waals surface area contributed by atoms with Gasteiger partial charge in [0.25, 0.3) is 12.0 Å². The first-order chi connectivity index (χ1) is 12.6. The molecule has 0 aliphatic carbocycles. The van der Waals surface area contributed by atoms with Gasteiger partial charge in [0.05, 0.1) is 33.1 Å². The predicted octanol–water partition coefficient (Wildman–Crippen LogP) is 1.78. The van der Waals surface area contributed by atoms with Crippen molar-refractivity contribution in [2.24, 2.45) is 0 Å². The molecule has 0 unspecified atom stereocenters. The van der Waals surface area contributed by atoms with Crippen LogP contribution in [0, 0.1) is 4.77 Å². The maximum absolute atomic E-state index is 11.9. The van der Waals surface area contributed by atoms with Crippen molar-refractivity contribution in [3.63, 3.8) is 0 Å². The average molecular weight is 380 g/mol. The fraction of sp³-hybridized carbons (Fsp3) is 0.353. The molecular weight excluding hydrogens is 360 g/mol. The Hall–Kier alpha value is -2.65. The quantitative estimate of drug-likeness (QED) is 0.382. The Bertz CT molecular complexity index is 861. The zero-order chi connectivity index (χ0) is 18.9. The minimum atomic E-state index is -0.306. The summed E-state index contributed by atoms with van der Waals surface area (Å²) >= 11 is 5.29. The highest BCUT2D eigenvalue weighted by molar-refractivity contribution is 7.71. The van der Waals surface area contributed by atoms with Crippen molar-refractivity contribution in [1.29, 1.82) is 0 Å². The third-order valence-electron chi connectivity index (χ3n) is 3.59. The number of nitrogens with zero attached hydrogens (tertiary/aromatic N) is 1. The second-order valence-corrected chi connectivity index (χ2v) is 5.51. The Balaban J connectivity index is 2.32. The summed E-state index contributed by atoms with van der Waals surface area (Å²) in [5.74, 6) is 1.19. The lowest BCUT2D eigenvalue weighted by molar-refractivity contribution is -0.130. The SMILES string of the molecule is COc1ccc(-c2cc(=O)[nH]c(=S)n2CCOCCOC=O)c(OC)c1. The number of aromatic amines is 1. The van der Waals surface area contributed by atoms with Crippen LogP contribution in [0.3, 0.4) is 0 Å².